The highest BCUT2D eigenvalue weighted by molar-refractivity contribution is 5.85. The van der Waals surface area contributed by atoms with Crippen molar-refractivity contribution in [2.45, 2.75) is 44.9 Å². The van der Waals surface area contributed by atoms with Crippen molar-refractivity contribution in [2.24, 2.45) is 5.92 Å². The second-order valence-corrected chi connectivity index (χ2v) is 9.67. The first kappa shape index (κ1) is 25.4. The Morgan fingerprint density at radius 1 is 1.23 bits per heavy atom. The molecule has 1 atom stereocenters. The number of benzene rings is 1. The van der Waals surface area contributed by atoms with Crippen molar-refractivity contribution in [2.75, 3.05) is 39.8 Å². The quantitative estimate of drug-likeness (QED) is 0.508. The van der Waals surface area contributed by atoms with Crippen LogP contribution in [0, 0.1) is 11.7 Å². The maximum absolute atomic E-state index is 14.7. The number of carbonyl (C=O) groups excluding carboxylic acids is 1. The standard InChI is InChI=1S/C24H31FN6O3.ClH/c1-15(2)20-18-5-4-6-19(25)21(18)31(27-20)23-26-22(34-28-23)17-8-10-29(11-9-17)13-16-7-12-30(14-16)24(32)33-3;/h4-6,15-17H,7-14H2,1-3H3;1H/t16-;/m1./s1. The summed E-state index contributed by atoms with van der Waals surface area (Å²) in [5, 5.41) is 9.54. The average Bonchev–Trinajstić information content (AvgIpc) is 3.58. The van der Waals surface area contributed by atoms with Gasteiger partial charge in [0, 0.05) is 30.9 Å². The molecule has 0 radical (unpaired) electrons. The van der Waals surface area contributed by atoms with Gasteiger partial charge in [-0.05, 0) is 55.4 Å². The first-order valence-corrected chi connectivity index (χ1v) is 12.0. The van der Waals surface area contributed by atoms with Gasteiger partial charge in [-0.2, -0.15) is 14.8 Å². The summed E-state index contributed by atoms with van der Waals surface area (Å²) < 4.78 is 26.6. The van der Waals surface area contributed by atoms with Crippen LogP contribution < -0.4 is 0 Å². The smallest absolute Gasteiger partial charge is 0.409 e. The summed E-state index contributed by atoms with van der Waals surface area (Å²) in [4.78, 5) is 20.6. The van der Waals surface area contributed by atoms with Gasteiger partial charge in [0.25, 0.3) is 5.95 Å². The number of halogens is 2. The topological polar surface area (TPSA) is 89.5 Å². The maximum Gasteiger partial charge on any atom is 0.409 e. The lowest BCUT2D eigenvalue weighted by Crippen LogP contribution is -2.37. The minimum atomic E-state index is -0.353. The zero-order valence-corrected chi connectivity index (χ0v) is 21.1. The third kappa shape index (κ3) is 4.99. The second-order valence-electron chi connectivity index (χ2n) is 9.67. The lowest BCUT2D eigenvalue weighted by atomic mass is 9.95. The van der Waals surface area contributed by atoms with Crippen molar-refractivity contribution in [1.82, 2.24) is 29.7 Å². The molecule has 190 valence electrons. The Morgan fingerprint density at radius 3 is 2.71 bits per heavy atom. The highest BCUT2D eigenvalue weighted by atomic mass is 35.5. The highest BCUT2D eigenvalue weighted by Crippen LogP contribution is 2.31. The molecule has 11 heteroatoms. The van der Waals surface area contributed by atoms with E-state index >= 15 is 0 Å². The predicted molar refractivity (Wildman–Crippen MR) is 131 cm³/mol. The third-order valence-corrected chi connectivity index (χ3v) is 7.02. The summed E-state index contributed by atoms with van der Waals surface area (Å²) in [6.45, 7) is 8.44. The molecule has 1 aromatic carbocycles. The predicted octanol–water partition coefficient (Wildman–Crippen LogP) is 4.36. The van der Waals surface area contributed by atoms with E-state index in [4.69, 9.17) is 9.26 Å². The largest absolute Gasteiger partial charge is 0.453 e. The Bertz CT molecular complexity index is 1170. The van der Waals surface area contributed by atoms with Crippen molar-refractivity contribution >= 4 is 29.4 Å². The number of carbonyl (C=O) groups is 1. The van der Waals surface area contributed by atoms with E-state index in [1.807, 2.05) is 19.9 Å². The van der Waals surface area contributed by atoms with Crippen LogP contribution in [0.3, 0.4) is 0 Å². The van der Waals surface area contributed by atoms with Gasteiger partial charge >= 0.3 is 6.09 Å². The molecule has 4 heterocycles. The van der Waals surface area contributed by atoms with Crippen molar-refractivity contribution in [3.8, 4) is 5.95 Å². The average molecular weight is 507 g/mol. The van der Waals surface area contributed by atoms with Crippen LogP contribution in [0.1, 0.15) is 56.5 Å². The number of hydrogen-bond donors (Lipinski definition) is 0. The van der Waals surface area contributed by atoms with E-state index in [9.17, 15) is 9.18 Å². The van der Waals surface area contributed by atoms with E-state index in [0.717, 1.165) is 63.1 Å². The number of aromatic nitrogens is 4. The summed E-state index contributed by atoms with van der Waals surface area (Å²) in [5.74, 6) is 1.29. The van der Waals surface area contributed by atoms with E-state index < -0.39 is 0 Å². The van der Waals surface area contributed by atoms with E-state index in [1.54, 1.807) is 11.0 Å². The fourth-order valence-electron chi connectivity index (χ4n) is 5.20. The number of ether oxygens (including phenoxy) is 1. The van der Waals surface area contributed by atoms with Gasteiger partial charge < -0.3 is 19.1 Å². The van der Waals surface area contributed by atoms with E-state index in [2.05, 4.69) is 20.1 Å². The fourth-order valence-corrected chi connectivity index (χ4v) is 5.20. The number of rotatable bonds is 5. The molecular weight excluding hydrogens is 475 g/mol. The van der Waals surface area contributed by atoms with Gasteiger partial charge in [-0.3, -0.25) is 0 Å². The number of fused-ring (bicyclic) bond motifs is 1. The van der Waals surface area contributed by atoms with Gasteiger partial charge in [-0.15, -0.1) is 12.4 Å². The molecule has 9 nitrogen and oxygen atoms in total. The van der Waals surface area contributed by atoms with Crippen LogP contribution in [0.4, 0.5) is 9.18 Å². The number of likely N-dealkylation sites (tertiary alicyclic amines) is 2. The molecule has 2 aromatic heterocycles. The lowest BCUT2D eigenvalue weighted by Gasteiger charge is -2.32. The van der Waals surface area contributed by atoms with E-state index in [0.29, 0.717) is 17.3 Å². The highest BCUT2D eigenvalue weighted by Gasteiger charge is 2.31. The molecular formula is C24H32ClFN6O3. The van der Waals surface area contributed by atoms with Crippen molar-refractivity contribution in [3.05, 3.63) is 35.6 Å². The number of para-hydroxylation sites is 1. The number of nitrogens with zero attached hydrogens (tertiary/aromatic N) is 6. The minimum Gasteiger partial charge on any atom is -0.453 e. The second kappa shape index (κ2) is 10.5. The molecule has 2 fully saturated rings. The molecule has 35 heavy (non-hydrogen) atoms. The molecule has 5 rings (SSSR count). The Labute approximate surface area is 210 Å². The van der Waals surface area contributed by atoms with Crippen LogP contribution in [0.2, 0.25) is 0 Å². The molecule has 0 N–H and O–H groups in total. The summed E-state index contributed by atoms with van der Waals surface area (Å²) in [6, 6.07) is 5.00. The van der Waals surface area contributed by atoms with Crippen molar-refractivity contribution < 1.29 is 18.4 Å². The van der Waals surface area contributed by atoms with Crippen LogP contribution in [-0.2, 0) is 4.74 Å². The van der Waals surface area contributed by atoms with Gasteiger partial charge in [-0.1, -0.05) is 26.0 Å². The number of amides is 1. The first-order valence-electron chi connectivity index (χ1n) is 12.0. The number of hydrogen-bond acceptors (Lipinski definition) is 7. The van der Waals surface area contributed by atoms with Crippen LogP contribution in [-0.4, -0.2) is 75.6 Å². The van der Waals surface area contributed by atoms with Crippen molar-refractivity contribution in [1.29, 1.82) is 0 Å². The van der Waals surface area contributed by atoms with Gasteiger partial charge in [0.05, 0.1) is 12.8 Å². The van der Waals surface area contributed by atoms with Crippen LogP contribution in [0.25, 0.3) is 16.9 Å². The van der Waals surface area contributed by atoms with Crippen LogP contribution in [0.5, 0.6) is 0 Å². The summed E-state index contributed by atoms with van der Waals surface area (Å²) in [5.41, 5.74) is 1.19. The van der Waals surface area contributed by atoms with Gasteiger partial charge in [-0.25, -0.2) is 9.18 Å². The van der Waals surface area contributed by atoms with E-state index in [1.165, 1.54) is 17.9 Å². The molecule has 0 aliphatic carbocycles. The van der Waals surface area contributed by atoms with Crippen molar-refractivity contribution in [3.63, 3.8) is 0 Å². The third-order valence-electron chi connectivity index (χ3n) is 7.02. The molecule has 1 amide bonds. The monoisotopic (exact) mass is 506 g/mol. The molecule has 2 aliphatic heterocycles. The normalized spacial score (nSPS) is 19.5. The molecule has 0 spiro atoms. The molecule has 0 saturated carbocycles. The van der Waals surface area contributed by atoms with E-state index in [-0.39, 0.29) is 42.1 Å². The molecule has 0 bridgehead atoms. The number of piperidine rings is 1. The zero-order chi connectivity index (χ0) is 23.8. The van der Waals surface area contributed by atoms with Gasteiger partial charge in [0.15, 0.2) is 0 Å². The maximum atomic E-state index is 14.7. The Hall–Kier alpha value is -2.72. The molecule has 2 aliphatic rings. The lowest BCUT2D eigenvalue weighted by molar-refractivity contribution is 0.128. The zero-order valence-electron chi connectivity index (χ0n) is 20.3. The van der Waals surface area contributed by atoms with Gasteiger partial charge in [0.1, 0.15) is 11.3 Å². The fraction of sp³-hybridized carbons (Fsp3) is 0.583. The minimum absolute atomic E-state index is 0. The van der Waals surface area contributed by atoms with Crippen LogP contribution in [0.15, 0.2) is 22.7 Å². The van der Waals surface area contributed by atoms with Gasteiger partial charge in [0.2, 0.25) is 5.89 Å². The summed E-state index contributed by atoms with van der Waals surface area (Å²) in [6.07, 6.45) is 2.61. The first-order chi connectivity index (χ1) is 16.4. The SMILES string of the molecule is COC(=O)N1CC[C@H](CN2CCC(c3nc(-n4nc(C(C)C)c5cccc(F)c54)no3)CC2)C1.Cl. The molecule has 3 aromatic rings. The molecule has 2 saturated heterocycles. The van der Waals surface area contributed by atoms with Crippen LogP contribution >= 0.6 is 12.4 Å². The Balaban J connectivity index is 0.00000289. The Morgan fingerprint density at radius 2 is 2.00 bits per heavy atom. The summed E-state index contributed by atoms with van der Waals surface area (Å²) in [7, 11) is 1.43. The Kier molecular flexibility index (Phi) is 7.61. The summed E-state index contributed by atoms with van der Waals surface area (Å²) >= 11 is 0. The number of methoxy groups -OCH3 is 1. The molecule has 0 unspecified atom stereocenters.